The molecule has 0 radical (unpaired) electrons. The molecule has 1 unspecified atom stereocenters. The molecule has 0 aromatic heterocycles. The fourth-order valence-electron chi connectivity index (χ4n) is 4.37. The van der Waals surface area contributed by atoms with Crippen molar-refractivity contribution in [2.45, 2.75) is 40.5 Å². The molecule has 3 rings (SSSR count). The number of hydrogen-bond acceptors (Lipinski definition) is 8. The van der Waals surface area contributed by atoms with E-state index < -0.39 is 11.9 Å². The van der Waals surface area contributed by atoms with Crippen LogP contribution in [0.15, 0.2) is 53.1 Å². The molecular weight excluding hydrogens is 474 g/mol. The number of aryl methyl sites for hydroxylation is 3. The van der Waals surface area contributed by atoms with Crippen molar-refractivity contribution < 1.29 is 28.5 Å². The van der Waals surface area contributed by atoms with Gasteiger partial charge >= 0.3 is 5.97 Å². The number of benzene rings is 2. The number of rotatable bonds is 8. The van der Waals surface area contributed by atoms with Crippen LogP contribution in [0.25, 0.3) is 0 Å². The van der Waals surface area contributed by atoms with E-state index in [2.05, 4.69) is 5.32 Å². The smallest absolute Gasteiger partial charge is 0.338 e. The van der Waals surface area contributed by atoms with Gasteiger partial charge in [0.2, 0.25) is 5.88 Å². The first-order valence-electron chi connectivity index (χ1n) is 11.7. The van der Waals surface area contributed by atoms with E-state index in [4.69, 9.17) is 24.7 Å². The van der Waals surface area contributed by atoms with E-state index >= 15 is 0 Å². The SMILES string of the molecule is CCOC(=O)C1=C(C)OC(N)=C(C#N)C1c1ccc(OCC(=O)Nc2c(C)cc(C)cc2C)c(OC)c1. The molecule has 37 heavy (non-hydrogen) atoms. The van der Waals surface area contributed by atoms with E-state index in [1.807, 2.05) is 39.0 Å². The summed E-state index contributed by atoms with van der Waals surface area (Å²) in [5.41, 5.74) is 10.6. The minimum atomic E-state index is -0.823. The summed E-state index contributed by atoms with van der Waals surface area (Å²) in [7, 11) is 1.46. The summed E-state index contributed by atoms with van der Waals surface area (Å²) in [4.78, 5) is 25.4. The number of nitrogens with two attached hydrogens (primary N) is 1. The number of nitrogens with one attached hydrogen (secondary N) is 1. The summed E-state index contributed by atoms with van der Waals surface area (Å²) >= 11 is 0. The van der Waals surface area contributed by atoms with E-state index in [1.165, 1.54) is 7.11 Å². The van der Waals surface area contributed by atoms with Crippen LogP contribution in [-0.4, -0.2) is 32.2 Å². The van der Waals surface area contributed by atoms with Crippen LogP contribution in [0.1, 0.15) is 42.0 Å². The van der Waals surface area contributed by atoms with Crippen LogP contribution in [-0.2, 0) is 19.1 Å². The predicted molar refractivity (Wildman–Crippen MR) is 138 cm³/mol. The zero-order chi connectivity index (χ0) is 27.3. The zero-order valence-electron chi connectivity index (χ0n) is 21.9. The molecule has 2 aromatic carbocycles. The van der Waals surface area contributed by atoms with Crippen LogP contribution >= 0.6 is 0 Å². The summed E-state index contributed by atoms with van der Waals surface area (Å²) in [5.74, 6) is -0.958. The molecule has 0 saturated carbocycles. The van der Waals surface area contributed by atoms with Gasteiger partial charge in [0.05, 0.1) is 25.2 Å². The van der Waals surface area contributed by atoms with Crippen molar-refractivity contribution in [3.63, 3.8) is 0 Å². The third-order valence-electron chi connectivity index (χ3n) is 5.92. The number of methoxy groups -OCH3 is 1. The normalized spacial score (nSPS) is 15.0. The van der Waals surface area contributed by atoms with Crippen molar-refractivity contribution >= 4 is 17.6 Å². The molecule has 2 aromatic rings. The molecular formula is C28H31N3O6. The Hall–Kier alpha value is -4.45. The van der Waals surface area contributed by atoms with Gasteiger partial charge < -0.3 is 30.0 Å². The van der Waals surface area contributed by atoms with Crippen molar-refractivity contribution in [2.24, 2.45) is 5.73 Å². The Labute approximate surface area is 216 Å². The lowest BCUT2D eigenvalue weighted by Gasteiger charge is -2.27. The van der Waals surface area contributed by atoms with Gasteiger partial charge in [0.25, 0.3) is 5.91 Å². The highest BCUT2D eigenvalue weighted by atomic mass is 16.5. The van der Waals surface area contributed by atoms with Crippen molar-refractivity contribution in [3.8, 4) is 17.6 Å². The van der Waals surface area contributed by atoms with Crippen LogP contribution in [0.3, 0.4) is 0 Å². The van der Waals surface area contributed by atoms with Gasteiger partial charge in [-0.2, -0.15) is 5.26 Å². The van der Waals surface area contributed by atoms with Crippen molar-refractivity contribution in [1.82, 2.24) is 0 Å². The average Bonchev–Trinajstić information content (AvgIpc) is 2.84. The van der Waals surface area contributed by atoms with Gasteiger partial charge in [-0.3, -0.25) is 4.79 Å². The fraction of sp³-hybridized carbons (Fsp3) is 0.321. The average molecular weight is 506 g/mol. The van der Waals surface area contributed by atoms with Crippen LogP contribution in [0.4, 0.5) is 5.69 Å². The summed E-state index contributed by atoms with van der Waals surface area (Å²) in [6.45, 7) is 9.06. The molecule has 3 N–H and O–H groups in total. The van der Waals surface area contributed by atoms with Crippen molar-refractivity contribution in [2.75, 3.05) is 25.6 Å². The fourth-order valence-corrected chi connectivity index (χ4v) is 4.37. The zero-order valence-corrected chi connectivity index (χ0v) is 21.9. The molecule has 0 fully saturated rings. The molecule has 1 aliphatic rings. The number of carbonyl (C=O) groups is 2. The lowest BCUT2D eigenvalue weighted by molar-refractivity contribution is -0.139. The Kier molecular flexibility index (Phi) is 8.45. The van der Waals surface area contributed by atoms with Gasteiger partial charge in [0.1, 0.15) is 17.4 Å². The largest absolute Gasteiger partial charge is 0.493 e. The number of anilines is 1. The van der Waals surface area contributed by atoms with Gasteiger partial charge in [-0.15, -0.1) is 0 Å². The van der Waals surface area contributed by atoms with E-state index in [-0.39, 0.29) is 41.9 Å². The van der Waals surface area contributed by atoms with Gasteiger partial charge in [-0.25, -0.2) is 4.79 Å². The Morgan fingerprint density at radius 1 is 1.11 bits per heavy atom. The molecule has 0 spiro atoms. The molecule has 0 bridgehead atoms. The third kappa shape index (κ3) is 5.86. The lowest BCUT2D eigenvalue weighted by atomic mass is 9.83. The van der Waals surface area contributed by atoms with E-state index in [1.54, 1.807) is 32.0 Å². The minimum absolute atomic E-state index is 0.0765. The number of nitriles is 1. The number of carbonyl (C=O) groups excluding carboxylic acids is 2. The number of nitrogens with zero attached hydrogens (tertiary/aromatic N) is 1. The standard InChI is InChI=1S/C28H31N3O6/c1-7-35-28(33)24-18(5)37-27(30)20(13-29)25(24)19-8-9-21(22(12-19)34-6)36-14-23(32)31-26-16(3)10-15(2)11-17(26)4/h8-12,25H,7,14,30H2,1-6H3,(H,31,32). The quantitative estimate of drug-likeness (QED) is 0.508. The first-order chi connectivity index (χ1) is 17.6. The molecule has 0 aliphatic carbocycles. The number of allylic oxidation sites excluding steroid dienone is 2. The molecule has 9 nitrogen and oxygen atoms in total. The lowest BCUT2D eigenvalue weighted by Crippen LogP contribution is -2.25. The maximum absolute atomic E-state index is 12.7. The predicted octanol–water partition coefficient (Wildman–Crippen LogP) is 4.28. The Morgan fingerprint density at radius 3 is 2.38 bits per heavy atom. The molecule has 1 aliphatic heterocycles. The molecule has 9 heteroatoms. The summed E-state index contributed by atoms with van der Waals surface area (Å²) in [6.07, 6.45) is 0. The minimum Gasteiger partial charge on any atom is -0.493 e. The molecule has 1 amide bonds. The molecule has 1 heterocycles. The van der Waals surface area contributed by atoms with Gasteiger partial charge in [0.15, 0.2) is 18.1 Å². The topological polar surface area (TPSA) is 133 Å². The van der Waals surface area contributed by atoms with Crippen molar-refractivity contribution in [1.29, 1.82) is 5.26 Å². The van der Waals surface area contributed by atoms with E-state index in [9.17, 15) is 14.9 Å². The second kappa shape index (κ2) is 11.5. The number of ether oxygens (including phenoxy) is 4. The third-order valence-corrected chi connectivity index (χ3v) is 5.92. The number of hydrogen-bond donors (Lipinski definition) is 2. The molecule has 1 atom stereocenters. The Balaban J connectivity index is 1.87. The number of amides is 1. The Bertz CT molecular complexity index is 1310. The van der Waals surface area contributed by atoms with Gasteiger partial charge in [0, 0.05) is 5.69 Å². The van der Waals surface area contributed by atoms with Gasteiger partial charge in [-0.1, -0.05) is 23.8 Å². The van der Waals surface area contributed by atoms with Crippen LogP contribution in [0.5, 0.6) is 11.5 Å². The highest BCUT2D eigenvalue weighted by Crippen LogP contribution is 2.42. The van der Waals surface area contributed by atoms with E-state index in [0.717, 1.165) is 22.4 Å². The second-order valence-corrected chi connectivity index (χ2v) is 8.64. The maximum Gasteiger partial charge on any atom is 0.338 e. The highest BCUT2D eigenvalue weighted by molar-refractivity contribution is 5.94. The summed E-state index contributed by atoms with van der Waals surface area (Å²) < 4.78 is 21.9. The second-order valence-electron chi connectivity index (χ2n) is 8.64. The van der Waals surface area contributed by atoms with Crippen LogP contribution in [0.2, 0.25) is 0 Å². The molecule has 194 valence electrons. The monoisotopic (exact) mass is 505 g/mol. The van der Waals surface area contributed by atoms with Crippen LogP contribution in [0, 0.1) is 32.1 Å². The first-order valence-corrected chi connectivity index (χ1v) is 11.7. The van der Waals surface area contributed by atoms with Gasteiger partial charge in [-0.05, 0) is 63.4 Å². The van der Waals surface area contributed by atoms with E-state index in [0.29, 0.717) is 17.1 Å². The molecule has 0 saturated heterocycles. The Morgan fingerprint density at radius 2 is 1.78 bits per heavy atom. The highest BCUT2D eigenvalue weighted by Gasteiger charge is 2.36. The summed E-state index contributed by atoms with van der Waals surface area (Å²) in [6, 6.07) is 11.0. The maximum atomic E-state index is 12.7. The van der Waals surface area contributed by atoms with Crippen LogP contribution < -0.4 is 20.5 Å². The first kappa shape index (κ1) is 27.1. The summed E-state index contributed by atoms with van der Waals surface area (Å²) in [5, 5.41) is 12.7. The number of esters is 1. The van der Waals surface area contributed by atoms with Crippen molar-refractivity contribution in [3.05, 3.63) is 75.4 Å².